The molecule has 1 aromatic heterocycles. The van der Waals surface area contributed by atoms with Crippen molar-refractivity contribution in [3.63, 3.8) is 0 Å². The van der Waals surface area contributed by atoms with Gasteiger partial charge in [0, 0.05) is 62.3 Å². The molecule has 0 aliphatic carbocycles. The molecule has 10 nitrogen and oxygen atoms in total. The van der Waals surface area contributed by atoms with Gasteiger partial charge in [-0.3, -0.25) is 4.79 Å². The molecule has 220 valence electrons. The average Bonchev–Trinajstić information content (AvgIpc) is 3.57. The molecule has 41 heavy (non-hydrogen) atoms. The molecule has 2 fully saturated rings. The van der Waals surface area contributed by atoms with Crippen molar-refractivity contribution in [2.75, 3.05) is 70.3 Å². The van der Waals surface area contributed by atoms with E-state index in [-0.39, 0.29) is 12.0 Å². The Hall–Kier alpha value is -3.79. The first-order chi connectivity index (χ1) is 20.1. The van der Waals surface area contributed by atoms with Gasteiger partial charge in [-0.2, -0.15) is 0 Å². The fourth-order valence-electron chi connectivity index (χ4n) is 6.05. The van der Waals surface area contributed by atoms with Gasteiger partial charge in [-0.1, -0.05) is 6.08 Å². The van der Waals surface area contributed by atoms with Crippen molar-refractivity contribution in [3.8, 4) is 0 Å². The molecular formula is C31H43N7O3. The van der Waals surface area contributed by atoms with Crippen LogP contribution in [0.1, 0.15) is 54.9 Å². The summed E-state index contributed by atoms with van der Waals surface area (Å²) < 4.78 is 7.04. The molecule has 2 amide bonds. The van der Waals surface area contributed by atoms with Crippen LogP contribution in [0, 0.1) is 0 Å². The van der Waals surface area contributed by atoms with Crippen LogP contribution in [0.15, 0.2) is 53.7 Å². The Kier molecular flexibility index (Phi) is 9.61. The molecule has 3 aliphatic rings. The highest BCUT2D eigenvalue weighted by Gasteiger charge is 2.28. The molecule has 2 saturated heterocycles. The lowest BCUT2D eigenvalue weighted by Gasteiger charge is -2.36. The molecule has 1 aromatic carbocycles. The number of likely N-dealkylation sites (tertiary alicyclic amines) is 2. The second-order valence-corrected chi connectivity index (χ2v) is 10.8. The summed E-state index contributed by atoms with van der Waals surface area (Å²) in [5.74, 6) is 0.118. The zero-order valence-corrected chi connectivity index (χ0v) is 24.3. The molecule has 0 saturated carbocycles. The highest BCUT2D eigenvalue weighted by molar-refractivity contribution is 5.94. The van der Waals surface area contributed by atoms with Crippen LogP contribution in [0.25, 0.3) is 5.57 Å². The number of ether oxygens (including phenoxy) is 1. The van der Waals surface area contributed by atoms with Crippen LogP contribution < -0.4 is 16.2 Å². The summed E-state index contributed by atoms with van der Waals surface area (Å²) in [6, 6.07) is 12.4. The summed E-state index contributed by atoms with van der Waals surface area (Å²) in [6.07, 6.45) is 9.23. The monoisotopic (exact) mass is 561 g/mol. The van der Waals surface area contributed by atoms with E-state index < -0.39 is 0 Å². The van der Waals surface area contributed by atoms with Crippen LogP contribution in [-0.2, 0) is 4.74 Å². The number of benzene rings is 1. The lowest BCUT2D eigenvalue weighted by atomic mass is 10.0. The van der Waals surface area contributed by atoms with Gasteiger partial charge in [0.25, 0.3) is 5.91 Å². The normalized spacial score (nSPS) is 18.8. The fourth-order valence-corrected chi connectivity index (χ4v) is 6.05. The van der Waals surface area contributed by atoms with Crippen LogP contribution in [0.2, 0.25) is 0 Å². The first-order valence-corrected chi connectivity index (χ1v) is 15.0. The SMILES string of the molecule is CCOC(=O)N1CC=C(c2cccn(NC)/c2=N\CNc2ccc(C(=O)N3CCC(N4CCCC4)CC3)cc2)CC1. The summed E-state index contributed by atoms with van der Waals surface area (Å²) in [5, 5.41) is 3.37. The van der Waals surface area contributed by atoms with Crippen LogP contribution in [0.5, 0.6) is 0 Å². The van der Waals surface area contributed by atoms with Gasteiger partial charge >= 0.3 is 6.09 Å². The minimum absolute atomic E-state index is 0.118. The molecule has 2 N–H and O–H groups in total. The van der Waals surface area contributed by atoms with Crippen LogP contribution in [0.4, 0.5) is 10.5 Å². The largest absolute Gasteiger partial charge is 0.450 e. The topological polar surface area (TPSA) is 94.4 Å². The van der Waals surface area contributed by atoms with Crippen molar-refractivity contribution in [1.29, 1.82) is 0 Å². The van der Waals surface area contributed by atoms with E-state index in [1.807, 2.05) is 60.1 Å². The van der Waals surface area contributed by atoms with Crippen LogP contribution >= 0.6 is 0 Å². The lowest BCUT2D eigenvalue weighted by Crippen LogP contribution is -2.45. The highest BCUT2D eigenvalue weighted by Crippen LogP contribution is 2.23. The Morgan fingerprint density at radius 2 is 1.76 bits per heavy atom. The number of hydrogen-bond donors (Lipinski definition) is 2. The molecular weight excluding hydrogens is 518 g/mol. The van der Waals surface area contributed by atoms with Crippen LogP contribution in [0.3, 0.4) is 0 Å². The maximum absolute atomic E-state index is 13.1. The van der Waals surface area contributed by atoms with Gasteiger partial charge in [-0.15, -0.1) is 0 Å². The van der Waals surface area contributed by atoms with Crippen molar-refractivity contribution in [3.05, 3.63) is 65.3 Å². The second kappa shape index (κ2) is 13.7. The first kappa shape index (κ1) is 28.7. The summed E-state index contributed by atoms with van der Waals surface area (Å²) in [7, 11) is 1.86. The number of carbonyl (C=O) groups is 2. The summed E-state index contributed by atoms with van der Waals surface area (Å²) in [4.78, 5) is 36.4. The second-order valence-electron chi connectivity index (χ2n) is 10.8. The zero-order valence-electron chi connectivity index (χ0n) is 24.3. The quantitative estimate of drug-likeness (QED) is 0.512. The van der Waals surface area contributed by atoms with Gasteiger partial charge in [-0.05, 0) is 94.1 Å². The number of nitrogens with one attached hydrogen (secondary N) is 2. The number of aromatic nitrogens is 1. The van der Waals surface area contributed by atoms with E-state index in [2.05, 4.69) is 27.8 Å². The van der Waals surface area contributed by atoms with Gasteiger partial charge in [0.1, 0.15) is 6.67 Å². The summed E-state index contributed by atoms with van der Waals surface area (Å²) in [6.45, 7) is 7.79. The molecule has 10 heteroatoms. The molecule has 4 heterocycles. The van der Waals surface area contributed by atoms with Gasteiger partial charge in [-0.25, -0.2) is 14.5 Å². The number of amides is 2. The van der Waals surface area contributed by atoms with Crippen LogP contribution in [-0.4, -0.2) is 97.0 Å². The van der Waals surface area contributed by atoms with E-state index in [1.54, 1.807) is 4.90 Å². The number of rotatable bonds is 8. The molecule has 3 aliphatic heterocycles. The summed E-state index contributed by atoms with van der Waals surface area (Å²) >= 11 is 0. The molecule has 0 radical (unpaired) electrons. The number of pyridine rings is 1. The Balaban J connectivity index is 1.20. The molecule has 0 atom stereocenters. The van der Waals surface area contributed by atoms with Crippen molar-refractivity contribution in [1.82, 2.24) is 19.4 Å². The average molecular weight is 562 g/mol. The van der Waals surface area contributed by atoms with Gasteiger partial charge in [0.05, 0.1) is 6.61 Å². The number of piperidine rings is 1. The van der Waals surface area contributed by atoms with Crippen molar-refractivity contribution in [2.24, 2.45) is 4.99 Å². The maximum atomic E-state index is 13.1. The van der Waals surface area contributed by atoms with E-state index in [1.165, 1.54) is 25.9 Å². The summed E-state index contributed by atoms with van der Waals surface area (Å²) in [5.41, 5.74) is 7.81. The number of anilines is 1. The number of nitrogens with zero attached hydrogens (tertiary/aromatic N) is 5. The Morgan fingerprint density at radius 1 is 1.00 bits per heavy atom. The third kappa shape index (κ3) is 6.93. The molecule has 2 aromatic rings. The van der Waals surface area contributed by atoms with E-state index >= 15 is 0 Å². The third-order valence-electron chi connectivity index (χ3n) is 8.34. The van der Waals surface area contributed by atoms with Gasteiger partial charge in [0.2, 0.25) is 0 Å². The van der Waals surface area contributed by atoms with Crippen molar-refractivity contribution >= 4 is 23.3 Å². The van der Waals surface area contributed by atoms with Crippen molar-refractivity contribution in [2.45, 2.75) is 45.1 Å². The van der Waals surface area contributed by atoms with Gasteiger partial charge in [0.15, 0.2) is 5.49 Å². The maximum Gasteiger partial charge on any atom is 0.410 e. The van der Waals surface area contributed by atoms with E-state index in [0.29, 0.717) is 32.4 Å². The fraction of sp³-hybridized carbons (Fsp3) is 0.516. The third-order valence-corrected chi connectivity index (χ3v) is 8.34. The Bertz CT molecular complexity index is 1290. The molecule has 5 rings (SSSR count). The molecule has 0 spiro atoms. The molecule has 0 bridgehead atoms. The van der Waals surface area contributed by atoms with Crippen molar-refractivity contribution < 1.29 is 14.3 Å². The first-order valence-electron chi connectivity index (χ1n) is 15.0. The van der Waals surface area contributed by atoms with E-state index in [0.717, 1.165) is 60.2 Å². The van der Waals surface area contributed by atoms with E-state index in [9.17, 15) is 9.59 Å². The Morgan fingerprint density at radius 3 is 2.41 bits per heavy atom. The number of hydrogen-bond acceptors (Lipinski definition) is 7. The lowest BCUT2D eigenvalue weighted by molar-refractivity contribution is 0.0644. The highest BCUT2D eigenvalue weighted by atomic mass is 16.6. The minimum atomic E-state index is -0.273. The predicted octanol–water partition coefficient (Wildman–Crippen LogP) is 3.58. The minimum Gasteiger partial charge on any atom is -0.450 e. The standard InChI is InChI=1S/C31H43N7O3/c1-3-41-31(40)37-19-12-24(13-20-37)28-7-6-18-38(32-2)29(28)34-23-33-26-10-8-25(9-11-26)30(39)36-21-14-27(15-22-36)35-16-4-5-17-35/h6-12,18,27,32-33H,3-5,13-17,19-23H2,1-2H3/b34-29-. The smallest absolute Gasteiger partial charge is 0.410 e. The Labute approximate surface area is 242 Å². The predicted molar refractivity (Wildman–Crippen MR) is 161 cm³/mol. The number of carbonyl (C=O) groups excluding carboxylic acids is 2. The van der Waals surface area contributed by atoms with Gasteiger partial charge < -0.3 is 30.2 Å². The zero-order chi connectivity index (χ0) is 28.6. The van der Waals surface area contributed by atoms with E-state index in [4.69, 9.17) is 9.73 Å². The molecule has 0 unspecified atom stereocenters.